The summed E-state index contributed by atoms with van der Waals surface area (Å²) in [6.07, 6.45) is 0.192. The first-order valence-electron chi connectivity index (χ1n) is 8.25. The molecule has 3 aromatic carbocycles. The van der Waals surface area contributed by atoms with Crippen molar-refractivity contribution >= 4 is 22.6 Å². The highest BCUT2D eigenvalue weighted by Gasteiger charge is 2.20. The van der Waals surface area contributed by atoms with E-state index in [9.17, 15) is 19.1 Å². The third-order valence-corrected chi connectivity index (χ3v) is 4.16. The molecule has 0 saturated carbocycles. The molecule has 0 aliphatic heterocycles. The summed E-state index contributed by atoms with van der Waals surface area (Å²) in [5.74, 6) is -1.88. The molecule has 0 saturated heterocycles. The number of hydrogen-bond acceptors (Lipinski definition) is 2. The lowest BCUT2D eigenvalue weighted by Gasteiger charge is -2.15. The number of rotatable bonds is 6. The maximum Gasteiger partial charge on any atom is 0.326 e. The Labute approximate surface area is 150 Å². The molecule has 0 aliphatic carbocycles. The van der Waals surface area contributed by atoms with Crippen molar-refractivity contribution in [1.82, 2.24) is 5.32 Å². The van der Waals surface area contributed by atoms with E-state index in [1.165, 1.54) is 24.3 Å². The maximum absolute atomic E-state index is 12.9. The van der Waals surface area contributed by atoms with Crippen LogP contribution >= 0.6 is 0 Å². The fraction of sp³-hybridized carbons (Fsp3) is 0.143. The van der Waals surface area contributed by atoms with E-state index < -0.39 is 17.9 Å². The number of nitrogens with one attached hydrogen (secondary N) is 1. The van der Waals surface area contributed by atoms with E-state index in [0.717, 1.165) is 16.3 Å². The Balaban J connectivity index is 1.68. The molecule has 0 heterocycles. The number of benzene rings is 3. The molecule has 1 atom stereocenters. The van der Waals surface area contributed by atoms with Crippen molar-refractivity contribution in [3.05, 3.63) is 83.7 Å². The fourth-order valence-corrected chi connectivity index (χ4v) is 2.83. The van der Waals surface area contributed by atoms with E-state index in [0.29, 0.717) is 5.56 Å². The van der Waals surface area contributed by atoms with Crippen LogP contribution in [0, 0.1) is 5.82 Å². The van der Waals surface area contributed by atoms with Gasteiger partial charge in [-0.3, -0.25) is 4.79 Å². The van der Waals surface area contributed by atoms with Crippen molar-refractivity contribution in [1.29, 1.82) is 0 Å². The van der Waals surface area contributed by atoms with Crippen LogP contribution < -0.4 is 5.32 Å². The standard InChI is InChI=1S/C21H18FNO3/c22-18-9-6-14(7-10-18)13-20(24)23-19(21(25)26)12-15-5-8-16-3-1-2-4-17(16)11-15/h1-11,19H,12-13H2,(H,23,24)(H,25,26)/t19-/m1/s1. The average molecular weight is 351 g/mol. The van der Waals surface area contributed by atoms with Crippen LogP contribution in [0.25, 0.3) is 10.8 Å². The summed E-state index contributed by atoms with van der Waals surface area (Å²) in [6, 6.07) is 18.1. The van der Waals surface area contributed by atoms with Crippen molar-refractivity contribution in [3.63, 3.8) is 0 Å². The Bertz CT molecular complexity index is 937. The first-order chi connectivity index (χ1) is 12.5. The van der Waals surface area contributed by atoms with Crippen LogP contribution in [-0.4, -0.2) is 23.0 Å². The number of carbonyl (C=O) groups excluding carboxylic acids is 1. The number of fused-ring (bicyclic) bond motifs is 1. The number of amides is 1. The quantitative estimate of drug-likeness (QED) is 0.716. The van der Waals surface area contributed by atoms with Gasteiger partial charge in [-0.1, -0.05) is 54.6 Å². The number of hydrogen-bond donors (Lipinski definition) is 2. The van der Waals surface area contributed by atoms with Gasteiger partial charge in [-0.25, -0.2) is 9.18 Å². The second-order valence-electron chi connectivity index (χ2n) is 6.15. The van der Waals surface area contributed by atoms with Gasteiger partial charge in [0.15, 0.2) is 0 Å². The Hall–Kier alpha value is -3.21. The Morgan fingerprint density at radius 2 is 1.58 bits per heavy atom. The Kier molecular flexibility index (Phi) is 5.27. The van der Waals surface area contributed by atoms with Crippen LogP contribution in [0.15, 0.2) is 66.7 Å². The second-order valence-corrected chi connectivity index (χ2v) is 6.15. The normalized spacial score (nSPS) is 11.9. The summed E-state index contributed by atoms with van der Waals surface area (Å²) in [5, 5.41) is 14.1. The zero-order valence-corrected chi connectivity index (χ0v) is 14.0. The Morgan fingerprint density at radius 3 is 2.27 bits per heavy atom. The van der Waals surface area contributed by atoms with Gasteiger partial charge < -0.3 is 10.4 Å². The molecule has 1 amide bonds. The summed E-state index contributed by atoms with van der Waals surface area (Å²) in [5.41, 5.74) is 1.46. The van der Waals surface area contributed by atoms with Crippen molar-refractivity contribution in [2.75, 3.05) is 0 Å². The van der Waals surface area contributed by atoms with Crippen molar-refractivity contribution in [3.8, 4) is 0 Å². The molecule has 0 bridgehead atoms. The number of carbonyl (C=O) groups is 2. The second kappa shape index (κ2) is 7.78. The van der Waals surface area contributed by atoms with Crippen LogP contribution in [0.5, 0.6) is 0 Å². The van der Waals surface area contributed by atoms with Crippen LogP contribution in [0.3, 0.4) is 0 Å². The third kappa shape index (κ3) is 4.45. The summed E-state index contributed by atoms with van der Waals surface area (Å²) >= 11 is 0. The van der Waals surface area contributed by atoms with Gasteiger partial charge in [0.25, 0.3) is 0 Å². The minimum Gasteiger partial charge on any atom is -0.480 e. The van der Waals surface area contributed by atoms with Gasteiger partial charge in [0, 0.05) is 6.42 Å². The number of carboxylic acid groups (broad SMARTS) is 1. The van der Waals surface area contributed by atoms with Crippen LogP contribution in [0.2, 0.25) is 0 Å². The van der Waals surface area contributed by atoms with Crippen molar-refractivity contribution in [2.24, 2.45) is 0 Å². The highest BCUT2D eigenvalue weighted by molar-refractivity contribution is 5.86. The van der Waals surface area contributed by atoms with E-state index in [1.54, 1.807) is 0 Å². The average Bonchev–Trinajstić information content (AvgIpc) is 2.63. The van der Waals surface area contributed by atoms with Crippen molar-refractivity contribution < 1.29 is 19.1 Å². The van der Waals surface area contributed by atoms with Crippen LogP contribution in [-0.2, 0) is 22.4 Å². The highest BCUT2D eigenvalue weighted by atomic mass is 19.1. The molecule has 0 unspecified atom stereocenters. The summed E-state index contributed by atoms with van der Waals surface area (Å²) < 4.78 is 12.9. The predicted octanol–water partition coefficient (Wildman–Crippen LogP) is 3.33. The molecule has 3 aromatic rings. The SMILES string of the molecule is O=C(Cc1ccc(F)cc1)N[C@H](Cc1ccc2ccccc2c1)C(=O)O. The molecule has 5 heteroatoms. The van der Waals surface area contributed by atoms with Crippen molar-refractivity contribution in [2.45, 2.75) is 18.9 Å². The van der Waals surface area contributed by atoms with Gasteiger partial charge in [0.05, 0.1) is 6.42 Å². The molecule has 26 heavy (non-hydrogen) atoms. The van der Waals surface area contributed by atoms with Gasteiger partial charge in [0.1, 0.15) is 11.9 Å². The van der Waals surface area contributed by atoms with Gasteiger partial charge in [-0.2, -0.15) is 0 Å². The lowest BCUT2D eigenvalue weighted by molar-refractivity contribution is -0.141. The molecule has 4 nitrogen and oxygen atoms in total. The smallest absolute Gasteiger partial charge is 0.326 e. The molecule has 132 valence electrons. The predicted molar refractivity (Wildman–Crippen MR) is 97.3 cm³/mol. The zero-order valence-electron chi connectivity index (χ0n) is 14.0. The molecule has 0 aliphatic rings. The lowest BCUT2D eigenvalue weighted by atomic mass is 10.0. The molecule has 0 fully saturated rings. The molecule has 2 N–H and O–H groups in total. The van der Waals surface area contributed by atoms with E-state index in [2.05, 4.69) is 5.32 Å². The number of halogens is 1. The molecule has 0 spiro atoms. The summed E-state index contributed by atoms with van der Waals surface area (Å²) in [4.78, 5) is 23.7. The topological polar surface area (TPSA) is 66.4 Å². The number of carboxylic acids is 1. The minimum absolute atomic E-state index is 0.00177. The first-order valence-corrected chi connectivity index (χ1v) is 8.25. The number of aliphatic carboxylic acids is 1. The minimum atomic E-state index is -1.09. The fourth-order valence-electron chi connectivity index (χ4n) is 2.83. The molecule has 3 rings (SSSR count). The zero-order chi connectivity index (χ0) is 18.5. The van der Waals surface area contributed by atoms with Crippen LogP contribution in [0.1, 0.15) is 11.1 Å². The maximum atomic E-state index is 12.9. The largest absolute Gasteiger partial charge is 0.480 e. The van der Waals surface area contributed by atoms with Gasteiger partial charge >= 0.3 is 5.97 Å². The van der Waals surface area contributed by atoms with E-state index in [4.69, 9.17) is 0 Å². The van der Waals surface area contributed by atoms with E-state index >= 15 is 0 Å². The highest BCUT2D eigenvalue weighted by Crippen LogP contribution is 2.17. The van der Waals surface area contributed by atoms with E-state index in [-0.39, 0.29) is 18.7 Å². The molecular weight excluding hydrogens is 333 g/mol. The van der Waals surface area contributed by atoms with Gasteiger partial charge in [-0.05, 0) is 34.0 Å². The van der Waals surface area contributed by atoms with Gasteiger partial charge in [-0.15, -0.1) is 0 Å². The monoisotopic (exact) mass is 351 g/mol. The molecule has 0 aromatic heterocycles. The molecule has 0 radical (unpaired) electrons. The summed E-state index contributed by atoms with van der Waals surface area (Å²) in [7, 11) is 0. The molecular formula is C21H18FNO3. The summed E-state index contributed by atoms with van der Waals surface area (Å²) in [6.45, 7) is 0. The first kappa shape index (κ1) is 17.6. The van der Waals surface area contributed by atoms with Crippen LogP contribution in [0.4, 0.5) is 4.39 Å². The van der Waals surface area contributed by atoms with Gasteiger partial charge in [0.2, 0.25) is 5.91 Å². The third-order valence-electron chi connectivity index (χ3n) is 4.16. The van der Waals surface area contributed by atoms with E-state index in [1.807, 2.05) is 42.5 Å². The Morgan fingerprint density at radius 1 is 0.923 bits per heavy atom. The lowest BCUT2D eigenvalue weighted by Crippen LogP contribution is -2.43.